The Morgan fingerprint density at radius 1 is 1.08 bits per heavy atom. The first kappa shape index (κ1) is 9.43. The van der Waals surface area contributed by atoms with Crippen LogP contribution in [0.3, 0.4) is 0 Å². The number of hydrogen-bond acceptors (Lipinski definition) is 2. The Morgan fingerprint density at radius 3 is 1.75 bits per heavy atom. The Morgan fingerprint density at radius 2 is 1.58 bits per heavy atom. The smallest absolute Gasteiger partial charge is 0.245 e. The average Bonchev–Trinajstić information content (AvgIpc) is 2.03. The molecule has 0 aromatic carbocycles. The lowest BCUT2D eigenvalue weighted by molar-refractivity contribution is -0.129. The molecule has 0 aromatic heterocycles. The van der Waals surface area contributed by atoms with Gasteiger partial charge in [-0.05, 0) is 6.92 Å². The predicted molar refractivity (Wildman–Crippen MR) is 48.4 cm³/mol. The Kier molecular flexibility index (Phi) is 1.89. The Labute approximate surface area is 74.6 Å². The number of allylic oxidation sites excluding steroid dienone is 2. The summed E-state index contributed by atoms with van der Waals surface area (Å²) in [6.07, 6.45) is 0. The number of rotatable bonds is 0. The van der Waals surface area contributed by atoms with Crippen LogP contribution in [0.5, 0.6) is 0 Å². The lowest BCUT2D eigenvalue weighted by Gasteiger charge is -2.23. The molecule has 0 fully saturated rings. The molecule has 0 saturated heterocycles. The molecule has 0 aliphatic carbocycles. The summed E-state index contributed by atoms with van der Waals surface area (Å²) in [5, 5.41) is 0. The Bertz CT molecular complexity index is 218. The lowest BCUT2D eigenvalue weighted by atomic mass is 9.93. The minimum atomic E-state index is -0.479. The summed E-state index contributed by atoms with van der Waals surface area (Å²) in [6, 6.07) is 0. The van der Waals surface area contributed by atoms with E-state index in [4.69, 9.17) is 9.47 Å². The maximum atomic E-state index is 5.68. The molecule has 70 valence electrons. The van der Waals surface area contributed by atoms with Crippen LogP contribution >= 0.6 is 0 Å². The molecule has 1 rings (SSSR count). The third-order valence-corrected chi connectivity index (χ3v) is 1.75. The first-order valence-corrected chi connectivity index (χ1v) is 4.32. The van der Waals surface area contributed by atoms with E-state index < -0.39 is 5.79 Å². The van der Waals surface area contributed by atoms with Gasteiger partial charge in [0.15, 0.2) is 0 Å². The summed E-state index contributed by atoms with van der Waals surface area (Å²) in [5.74, 6) is 1.40. The second-order valence-electron chi connectivity index (χ2n) is 4.74. The van der Waals surface area contributed by atoms with Crippen LogP contribution in [-0.2, 0) is 9.47 Å². The molecule has 0 spiro atoms. The Balaban J connectivity index is 2.88. The molecule has 0 amide bonds. The van der Waals surface area contributed by atoms with Crippen LogP contribution in [-0.4, -0.2) is 5.79 Å². The second-order valence-corrected chi connectivity index (χ2v) is 4.74. The van der Waals surface area contributed by atoms with E-state index >= 15 is 0 Å². The van der Waals surface area contributed by atoms with Gasteiger partial charge >= 0.3 is 0 Å². The SMILES string of the molecule is CC1=C(C(C)(C)C)OC(C)(C)O1. The van der Waals surface area contributed by atoms with Gasteiger partial charge in [-0.2, -0.15) is 0 Å². The van der Waals surface area contributed by atoms with Crippen molar-refractivity contribution >= 4 is 0 Å². The topological polar surface area (TPSA) is 18.5 Å². The summed E-state index contributed by atoms with van der Waals surface area (Å²) in [4.78, 5) is 0. The van der Waals surface area contributed by atoms with E-state index in [2.05, 4.69) is 20.8 Å². The van der Waals surface area contributed by atoms with Crippen LogP contribution in [0.25, 0.3) is 0 Å². The van der Waals surface area contributed by atoms with Gasteiger partial charge < -0.3 is 9.47 Å². The average molecular weight is 170 g/mol. The Hall–Kier alpha value is -0.660. The molecule has 0 N–H and O–H groups in total. The zero-order valence-corrected chi connectivity index (χ0v) is 8.82. The van der Waals surface area contributed by atoms with E-state index in [1.807, 2.05) is 20.8 Å². The normalized spacial score (nSPS) is 22.2. The van der Waals surface area contributed by atoms with Crippen LogP contribution in [0.15, 0.2) is 11.5 Å². The van der Waals surface area contributed by atoms with Gasteiger partial charge in [0, 0.05) is 19.3 Å². The molecule has 0 atom stereocenters. The highest BCUT2D eigenvalue weighted by molar-refractivity contribution is 5.12. The first-order chi connectivity index (χ1) is 5.22. The zero-order chi connectivity index (χ0) is 9.57. The summed E-state index contributed by atoms with van der Waals surface area (Å²) in [6.45, 7) is 12.2. The summed E-state index contributed by atoms with van der Waals surface area (Å²) in [5.41, 5.74) is 0.0395. The highest BCUT2D eigenvalue weighted by Crippen LogP contribution is 2.39. The van der Waals surface area contributed by atoms with Gasteiger partial charge in [-0.3, -0.25) is 0 Å². The van der Waals surface area contributed by atoms with Crippen molar-refractivity contribution in [2.45, 2.75) is 47.3 Å². The third kappa shape index (κ3) is 1.74. The van der Waals surface area contributed by atoms with Crippen molar-refractivity contribution in [2.24, 2.45) is 5.41 Å². The molecule has 2 heteroatoms. The van der Waals surface area contributed by atoms with Gasteiger partial charge in [0.2, 0.25) is 5.79 Å². The van der Waals surface area contributed by atoms with E-state index in [0.29, 0.717) is 0 Å². The van der Waals surface area contributed by atoms with Gasteiger partial charge in [-0.15, -0.1) is 0 Å². The molecular formula is C10H18O2. The van der Waals surface area contributed by atoms with Crippen molar-refractivity contribution in [3.05, 3.63) is 11.5 Å². The van der Waals surface area contributed by atoms with Crippen LogP contribution in [0.2, 0.25) is 0 Å². The summed E-state index contributed by atoms with van der Waals surface area (Å²) < 4.78 is 11.2. The van der Waals surface area contributed by atoms with Crippen LogP contribution < -0.4 is 0 Å². The van der Waals surface area contributed by atoms with E-state index in [-0.39, 0.29) is 5.41 Å². The van der Waals surface area contributed by atoms with E-state index in [1.165, 1.54) is 0 Å². The molecule has 0 aromatic rings. The molecule has 0 unspecified atom stereocenters. The first-order valence-electron chi connectivity index (χ1n) is 4.32. The quantitative estimate of drug-likeness (QED) is 0.556. The van der Waals surface area contributed by atoms with Crippen molar-refractivity contribution in [3.8, 4) is 0 Å². The molecule has 1 aliphatic rings. The standard InChI is InChI=1S/C10H18O2/c1-7-8(9(2,3)4)12-10(5,6)11-7/h1-6H3. The predicted octanol–water partition coefficient (Wildman–Crippen LogP) is 3.05. The van der Waals surface area contributed by atoms with Crippen molar-refractivity contribution in [1.82, 2.24) is 0 Å². The van der Waals surface area contributed by atoms with Crippen molar-refractivity contribution < 1.29 is 9.47 Å². The highest BCUT2D eigenvalue weighted by atomic mass is 16.7. The molecule has 12 heavy (non-hydrogen) atoms. The van der Waals surface area contributed by atoms with Gasteiger partial charge in [0.1, 0.15) is 11.5 Å². The minimum absolute atomic E-state index is 0.0395. The zero-order valence-electron chi connectivity index (χ0n) is 8.82. The third-order valence-electron chi connectivity index (χ3n) is 1.75. The van der Waals surface area contributed by atoms with Gasteiger partial charge in [0.25, 0.3) is 0 Å². The fourth-order valence-electron chi connectivity index (χ4n) is 1.43. The summed E-state index contributed by atoms with van der Waals surface area (Å²) >= 11 is 0. The van der Waals surface area contributed by atoms with Crippen LogP contribution in [0.1, 0.15) is 41.5 Å². The number of hydrogen-bond donors (Lipinski definition) is 0. The molecule has 0 bridgehead atoms. The van der Waals surface area contributed by atoms with Crippen molar-refractivity contribution in [3.63, 3.8) is 0 Å². The summed E-state index contributed by atoms with van der Waals surface area (Å²) in [7, 11) is 0. The fourth-order valence-corrected chi connectivity index (χ4v) is 1.43. The maximum Gasteiger partial charge on any atom is 0.245 e. The second kappa shape index (κ2) is 2.41. The van der Waals surface area contributed by atoms with E-state index in [9.17, 15) is 0 Å². The van der Waals surface area contributed by atoms with Crippen molar-refractivity contribution in [1.29, 1.82) is 0 Å². The van der Waals surface area contributed by atoms with E-state index in [1.54, 1.807) is 0 Å². The largest absolute Gasteiger partial charge is 0.454 e. The van der Waals surface area contributed by atoms with Gasteiger partial charge in [0.05, 0.1) is 0 Å². The van der Waals surface area contributed by atoms with Crippen LogP contribution in [0.4, 0.5) is 0 Å². The molecule has 0 saturated carbocycles. The molecule has 1 heterocycles. The number of ether oxygens (including phenoxy) is 2. The van der Waals surface area contributed by atoms with Gasteiger partial charge in [-0.25, -0.2) is 0 Å². The molecule has 1 aliphatic heterocycles. The minimum Gasteiger partial charge on any atom is -0.454 e. The molecule has 2 nitrogen and oxygen atoms in total. The van der Waals surface area contributed by atoms with E-state index in [0.717, 1.165) is 11.5 Å². The molecular weight excluding hydrogens is 152 g/mol. The highest BCUT2D eigenvalue weighted by Gasteiger charge is 2.37. The van der Waals surface area contributed by atoms with Crippen molar-refractivity contribution in [2.75, 3.05) is 0 Å². The van der Waals surface area contributed by atoms with Crippen LogP contribution in [0, 0.1) is 5.41 Å². The monoisotopic (exact) mass is 170 g/mol. The molecule has 0 radical (unpaired) electrons. The lowest BCUT2D eigenvalue weighted by Crippen LogP contribution is -2.23. The van der Waals surface area contributed by atoms with Gasteiger partial charge in [-0.1, -0.05) is 20.8 Å². The maximum absolute atomic E-state index is 5.68. The fraction of sp³-hybridized carbons (Fsp3) is 0.800.